The topological polar surface area (TPSA) is 64.4 Å². The number of nitrogens with one attached hydrogen (secondary N) is 1. The number of carbonyl (C=O) groups excluding carboxylic acids is 1. The average Bonchev–Trinajstić information content (AvgIpc) is 2.97. The summed E-state index contributed by atoms with van der Waals surface area (Å²) in [6.07, 6.45) is 5.83. The fourth-order valence-corrected chi connectivity index (χ4v) is 3.25. The lowest BCUT2D eigenvalue weighted by atomic mass is 9.95. The van der Waals surface area contributed by atoms with Gasteiger partial charge in [-0.2, -0.15) is 0 Å². The minimum atomic E-state index is -0.0489. The van der Waals surface area contributed by atoms with Crippen LogP contribution in [0, 0.1) is 13.8 Å². The number of ether oxygens (including phenoxy) is 1. The van der Waals surface area contributed by atoms with E-state index < -0.39 is 0 Å². The summed E-state index contributed by atoms with van der Waals surface area (Å²) in [5.41, 5.74) is 2.83. The van der Waals surface area contributed by atoms with Crippen LogP contribution in [0.2, 0.25) is 0 Å². The number of hydrogen-bond acceptors (Lipinski definition) is 4. The molecule has 1 amide bonds. The molecule has 0 bridgehead atoms. The van der Waals surface area contributed by atoms with Crippen molar-refractivity contribution in [2.45, 2.75) is 58.6 Å². The van der Waals surface area contributed by atoms with E-state index in [-0.39, 0.29) is 19.1 Å². The Morgan fingerprint density at radius 3 is 2.76 bits per heavy atom. The molecule has 1 heterocycles. The Kier molecular flexibility index (Phi) is 5.87. The highest BCUT2D eigenvalue weighted by molar-refractivity contribution is 5.77. The van der Waals surface area contributed by atoms with Gasteiger partial charge in [0.05, 0.1) is 6.61 Å². The molecule has 1 saturated carbocycles. The average molecular weight is 342 g/mol. The second-order valence-corrected chi connectivity index (χ2v) is 6.73. The highest BCUT2D eigenvalue weighted by atomic mass is 16.5. The summed E-state index contributed by atoms with van der Waals surface area (Å²) in [5, 5.41) is 3.05. The normalized spacial score (nSPS) is 15.3. The van der Waals surface area contributed by atoms with Crippen LogP contribution in [0.3, 0.4) is 0 Å². The smallest absolute Gasteiger partial charge is 0.246 e. The van der Waals surface area contributed by atoms with Gasteiger partial charge in [-0.05, 0) is 38.3 Å². The van der Waals surface area contributed by atoms with Crippen LogP contribution in [0.1, 0.15) is 49.1 Å². The SMILES string of the molecule is Cc1ccccc1-c1nc(COCC(=O)NC2CCCCC2)c(C)o1. The molecule has 5 heteroatoms. The van der Waals surface area contributed by atoms with Crippen LogP contribution in [-0.4, -0.2) is 23.5 Å². The molecule has 1 aromatic carbocycles. The third kappa shape index (κ3) is 4.69. The van der Waals surface area contributed by atoms with Crippen LogP contribution in [0.5, 0.6) is 0 Å². The van der Waals surface area contributed by atoms with Crippen molar-refractivity contribution in [1.29, 1.82) is 0 Å². The van der Waals surface area contributed by atoms with Crippen LogP contribution in [0.4, 0.5) is 0 Å². The van der Waals surface area contributed by atoms with Gasteiger partial charge in [-0.3, -0.25) is 4.79 Å². The highest BCUT2D eigenvalue weighted by Gasteiger charge is 2.17. The van der Waals surface area contributed by atoms with E-state index in [1.807, 2.05) is 38.1 Å². The first-order chi connectivity index (χ1) is 12.1. The molecular weight excluding hydrogens is 316 g/mol. The number of aryl methyl sites for hydroxylation is 2. The maximum absolute atomic E-state index is 12.0. The van der Waals surface area contributed by atoms with Crippen molar-refractivity contribution in [3.8, 4) is 11.5 Å². The first-order valence-corrected chi connectivity index (χ1v) is 9.03. The standard InChI is InChI=1S/C20H26N2O3/c1-14-8-6-7-11-17(14)20-22-18(15(2)25-20)12-24-13-19(23)21-16-9-4-3-5-10-16/h6-8,11,16H,3-5,9-10,12-13H2,1-2H3,(H,21,23). The molecule has 1 fully saturated rings. The second kappa shape index (κ2) is 8.30. The summed E-state index contributed by atoms with van der Waals surface area (Å²) in [7, 11) is 0. The van der Waals surface area contributed by atoms with Crippen LogP contribution in [0.15, 0.2) is 28.7 Å². The molecule has 0 unspecified atom stereocenters. The van der Waals surface area contributed by atoms with Crippen molar-refractivity contribution in [3.05, 3.63) is 41.3 Å². The van der Waals surface area contributed by atoms with Gasteiger partial charge in [0.2, 0.25) is 11.8 Å². The molecule has 0 spiro atoms. The van der Waals surface area contributed by atoms with E-state index in [0.29, 0.717) is 11.9 Å². The molecular formula is C20H26N2O3. The Hall–Kier alpha value is -2.14. The third-order valence-corrected chi connectivity index (χ3v) is 4.71. The molecule has 0 saturated heterocycles. The van der Waals surface area contributed by atoms with Crippen molar-refractivity contribution in [3.63, 3.8) is 0 Å². The number of oxazole rings is 1. The van der Waals surface area contributed by atoms with E-state index >= 15 is 0 Å². The quantitative estimate of drug-likeness (QED) is 0.864. The Morgan fingerprint density at radius 1 is 1.24 bits per heavy atom. The first kappa shape index (κ1) is 17.7. The molecule has 3 rings (SSSR count). The molecule has 0 atom stereocenters. The zero-order valence-electron chi connectivity index (χ0n) is 15.0. The summed E-state index contributed by atoms with van der Waals surface area (Å²) >= 11 is 0. The molecule has 2 aromatic rings. The van der Waals surface area contributed by atoms with Crippen molar-refractivity contribution in [1.82, 2.24) is 10.3 Å². The molecule has 1 aromatic heterocycles. The Bertz CT molecular complexity index is 717. The fourth-order valence-electron chi connectivity index (χ4n) is 3.25. The van der Waals surface area contributed by atoms with E-state index in [1.165, 1.54) is 19.3 Å². The summed E-state index contributed by atoms with van der Waals surface area (Å²) in [5.74, 6) is 1.28. The van der Waals surface area contributed by atoms with Crippen molar-refractivity contribution in [2.75, 3.05) is 6.61 Å². The van der Waals surface area contributed by atoms with Crippen molar-refractivity contribution >= 4 is 5.91 Å². The van der Waals surface area contributed by atoms with Crippen LogP contribution in [0.25, 0.3) is 11.5 Å². The first-order valence-electron chi connectivity index (χ1n) is 9.03. The lowest BCUT2D eigenvalue weighted by Crippen LogP contribution is -2.38. The van der Waals surface area contributed by atoms with Crippen molar-refractivity contribution < 1.29 is 13.9 Å². The van der Waals surface area contributed by atoms with Gasteiger partial charge in [0.25, 0.3) is 0 Å². The molecule has 25 heavy (non-hydrogen) atoms. The minimum absolute atomic E-state index is 0.0489. The summed E-state index contributed by atoms with van der Waals surface area (Å²) in [4.78, 5) is 16.5. The Morgan fingerprint density at radius 2 is 2.00 bits per heavy atom. The van der Waals surface area contributed by atoms with Crippen molar-refractivity contribution in [2.24, 2.45) is 0 Å². The van der Waals surface area contributed by atoms with Gasteiger partial charge < -0.3 is 14.5 Å². The maximum atomic E-state index is 12.0. The molecule has 1 N–H and O–H groups in total. The number of benzene rings is 1. The number of nitrogens with zero attached hydrogens (tertiary/aromatic N) is 1. The second-order valence-electron chi connectivity index (χ2n) is 6.73. The number of hydrogen-bond donors (Lipinski definition) is 1. The predicted molar refractivity (Wildman–Crippen MR) is 96.1 cm³/mol. The van der Waals surface area contributed by atoms with Gasteiger partial charge in [-0.1, -0.05) is 37.5 Å². The van der Waals surface area contributed by atoms with E-state index in [2.05, 4.69) is 10.3 Å². The van der Waals surface area contributed by atoms with Gasteiger partial charge in [0, 0.05) is 11.6 Å². The van der Waals surface area contributed by atoms with E-state index in [1.54, 1.807) is 0 Å². The summed E-state index contributed by atoms with van der Waals surface area (Å²) in [6, 6.07) is 8.28. The molecule has 134 valence electrons. The van der Waals surface area contributed by atoms with Gasteiger partial charge in [-0.15, -0.1) is 0 Å². The third-order valence-electron chi connectivity index (χ3n) is 4.71. The molecule has 1 aliphatic rings. The number of rotatable bonds is 6. The number of carbonyl (C=O) groups is 1. The molecule has 0 radical (unpaired) electrons. The Balaban J connectivity index is 1.52. The van der Waals surface area contributed by atoms with Crippen LogP contribution < -0.4 is 5.32 Å². The largest absolute Gasteiger partial charge is 0.441 e. The lowest BCUT2D eigenvalue weighted by Gasteiger charge is -2.22. The maximum Gasteiger partial charge on any atom is 0.246 e. The van der Waals surface area contributed by atoms with Crippen LogP contribution >= 0.6 is 0 Å². The van der Waals surface area contributed by atoms with Gasteiger partial charge >= 0.3 is 0 Å². The van der Waals surface area contributed by atoms with E-state index in [9.17, 15) is 4.79 Å². The van der Waals surface area contributed by atoms with E-state index in [4.69, 9.17) is 9.15 Å². The summed E-state index contributed by atoms with van der Waals surface area (Å²) in [6.45, 7) is 4.23. The molecule has 0 aliphatic heterocycles. The zero-order chi connectivity index (χ0) is 17.6. The summed E-state index contributed by atoms with van der Waals surface area (Å²) < 4.78 is 11.3. The Labute approximate surface area is 148 Å². The number of amides is 1. The van der Waals surface area contributed by atoms with Gasteiger partial charge in [0.15, 0.2) is 0 Å². The lowest BCUT2D eigenvalue weighted by molar-refractivity contribution is -0.127. The monoisotopic (exact) mass is 342 g/mol. The van der Waals surface area contributed by atoms with Crippen LogP contribution in [-0.2, 0) is 16.1 Å². The minimum Gasteiger partial charge on any atom is -0.441 e. The molecule has 1 aliphatic carbocycles. The van der Waals surface area contributed by atoms with Gasteiger partial charge in [0.1, 0.15) is 18.1 Å². The highest BCUT2D eigenvalue weighted by Crippen LogP contribution is 2.25. The zero-order valence-corrected chi connectivity index (χ0v) is 15.0. The van der Waals surface area contributed by atoms with E-state index in [0.717, 1.165) is 35.4 Å². The predicted octanol–water partition coefficient (Wildman–Crippen LogP) is 3.92. The molecule has 5 nitrogen and oxygen atoms in total. The fraction of sp³-hybridized carbons (Fsp3) is 0.500. The van der Waals surface area contributed by atoms with Gasteiger partial charge in [-0.25, -0.2) is 4.98 Å². The number of aromatic nitrogens is 1.